The molecule has 0 unspecified atom stereocenters. The van der Waals surface area contributed by atoms with Gasteiger partial charge in [-0.2, -0.15) is 0 Å². The summed E-state index contributed by atoms with van der Waals surface area (Å²) in [6.45, 7) is 0.417. The van der Waals surface area contributed by atoms with Gasteiger partial charge < -0.3 is 15.1 Å². The predicted molar refractivity (Wildman–Crippen MR) is 65.3 cm³/mol. The van der Waals surface area contributed by atoms with Gasteiger partial charge >= 0.3 is 11.9 Å². The van der Waals surface area contributed by atoms with Gasteiger partial charge in [0.1, 0.15) is 18.8 Å². The molecule has 0 spiro atoms. The standard InChI is InChI=1S/C11H12N2O6/c1-7-2-3-8(13(18)19)9(4-7)12(5-10(14)15)6-11(16)17/h2-4H,5-6H2,1H3,(H,14,15)(H,16,17). The SMILES string of the molecule is Cc1ccc([N+](=O)[O-])c(N(CC(=O)O)CC(=O)O)c1. The zero-order chi connectivity index (χ0) is 14.6. The topological polar surface area (TPSA) is 121 Å². The molecule has 0 atom stereocenters. The first-order valence-corrected chi connectivity index (χ1v) is 5.25. The first kappa shape index (κ1) is 14.4. The Hall–Kier alpha value is -2.64. The summed E-state index contributed by atoms with van der Waals surface area (Å²) in [5.41, 5.74) is 0.323. The van der Waals surface area contributed by atoms with Crippen molar-refractivity contribution < 1.29 is 24.7 Å². The molecule has 0 aliphatic carbocycles. The van der Waals surface area contributed by atoms with Gasteiger partial charge in [0.15, 0.2) is 0 Å². The fourth-order valence-electron chi connectivity index (χ4n) is 1.59. The average Bonchev–Trinajstić information content (AvgIpc) is 2.26. The second kappa shape index (κ2) is 5.80. The highest BCUT2D eigenvalue weighted by Gasteiger charge is 2.23. The van der Waals surface area contributed by atoms with Crippen LogP contribution in [0.25, 0.3) is 0 Å². The highest BCUT2D eigenvalue weighted by molar-refractivity contribution is 5.82. The number of anilines is 1. The number of hydrogen-bond donors (Lipinski definition) is 2. The van der Waals surface area contributed by atoms with E-state index in [4.69, 9.17) is 10.2 Å². The number of carbonyl (C=O) groups is 2. The molecule has 0 aromatic heterocycles. The molecule has 2 N–H and O–H groups in total. The van der Waals surface area contributed by atoms with Crippen molar-refractivity contribution in [2.45, 2.75) is 6.92 Å². The minimum absolute atomic E-state index is 0.0187. The van der Waals surface area contributed by atoms with Crippen LogP contribution in [0, 0.1) is 17.0 Å². The molecule has 8 heteroatoms. The number of benzene rings is 1. The normalized spacial score (nSPS) is 9.95. The minimum atomic E-state index is -1.27. The number of carboxylic acids is 2. The van der Waals surface area contributed by atoms with Gasteiger partial charge in [-0.25, -0.2) is 0 Å². The van der Waals surface area contributed by atoms with E-state index in [1.54, 1.807) is 6.92 Å². The molecule has 0 fully saturated rings. The van der Waals surface area contributed by atoms with Crippen molar-refractivity contribution in [1.82, 2.24) is 0 Å². The third-order valence-corrected chi connectivity index (χ3v) is 2.32. The lowest BCUT2D eigenvalue weighted by Crippen LogP contribution is -2.34. The van der Waals surface area contributed by atoms with E-state index in [0.717, 1.165) is 4.90 Å². The van der Waals surface area contributed by atoms with Gasteiger partial charge in [0, 0.05) is 6.07 Å². The van der Waals surface area contributed by atoms with Gasteiger partial charge in [0.05, 0.1) is 4.92 Å². The number of aliphatic carboxylic acids is 2. The van der Waals surface area contributed by atoms with Crippen molar-refractivity contribution >= 4 is 23.3 Å². The van der Waals surface area contributed by atoms with Crippen LogP contribution in [0.2, 0.25) is 0 Å². The van der Waals surface area contributed by atoms with Crippen molar-refractivity contribution in [3.05, 3.63) is 33.9 Å². The number of nitro benzene ring substituents is 1. The van der Waals surface area contributed by atoms with E-state index >= 15 is 0 Å². The summed E-state index contributed by atoms with van der Waals surface area (Å²) in [6, 6.07) is 4.12. The smallest absolute Gasteiger partial charge is 0.323 e. The largest absolute Gasteiger partial charge is 0.480 e. The van der Waals surface area contributed by atoms with Crippen LogP contribution >= 0.6 is 0 Å². The van der Waals surface area contributed by atoms with E-state index in [9.17, 15) is 19.7 Å². The molecule has 102 valence electrons. The molecule has 1 aromatic carbocycles. The van der Waals surface area contributed by atoms with Gasteiger partial charge in [0.2, 0.25) is 0 Å². The second-order valence-electron chi connectivity index (χ2n) is 3.89. The van der Waals surface area contributed by atoms with Gasteiger partial charge in [-0.05, 0) is 18.6 Å². The van der Waals surface area contributed by atoms with Crippen molar-refractivity contribution in [3.8, 4) is 0 Å². The molecule has 0 bridgehead atoms. The Balaban J connectivity index is 3.26. The summed E-state index contributed by atoms with van der Waals surface area (Å²) in [7, 11) is 0. The van der Waals surface area contributed by atoms with Crippen LogP contribution in [0.1, 0.15) is 5.56 Å². The fraction of sp³-hybridized carbons (Fsp3) is 0.273. The minimum Gasteiger partial charge on any atom is -0.480 e. The third kappa shape index (κ3) is 3.95. The Labute approximate surface area is 108 Å². The number of nitrogens with zero attached hydrogens (tertiary/aromatic N) is 2. The number of rotatable bonds is 6. The van der Waals surface area contributed by atoms with E-state index in [0.29, 0.717) is 5.56 Å². The quantitative estimate of drug-likeness (QED) is 0.580. The lowest BCUT2D eigenvalue weighted by Gasteiger charge is -2.20. The molecule has 1 rings (SSSR count). The van der Waals surface area contributed by atoms with Crippen molar-refractivity contribution in [2.75, 3.05) is 18.0 Å². The Kier molecular flexibility index (Phi) is 4.41. The molecular formula is C11H12N2O6. The Morgan fingerprint density at radius 2 is 1.79 bits per heavy atom. The van der Waals surface area contributed by atoms with Crippen molar-refractivity contribution in [1.29, 1.82) is 0 Å². The molecule has 0 aliphatic rings. The van der Waals surface area contributed by atoms with Gasteiger partial charge in [-0.3, -0.25) is 19.7 Å². The predicted octanol–water partition coefficient (Wildman–Crippen LogP) is 0.879. The Morgan fingerprint density at radius 1 is 1.26 bits per heavy atom. The molecule has 0 radical (unpaired) electrons. The average molecular weight is 268 g/mol. The monoisotopic (exact) mass is 268 g/mol. The number of carboxylic acid groups (broad SMARTS) is 2. The van der Waals surface area contributed by atoms with Crippen LogP contribution in [0.15, 0.2) is 18.2 Å². The molecule has 0 saturated heterocycles. The van der Waals surface area contributed by atoms with Crippen LogP contribution in [-0.4, -0.2) is 40.2 Å². The molecule has 8 nitrogen and oxygen atoms in total. The fourth-order valence-corrected chi connectivity index (χ4v) is 1.59. The lowest BCUT2D eigenvalue weighted by atomic mass is 10.1. The molecule has 1 aromatic rings. The Bertz CT molecular complexity index is 512. The maximum absolute atomic E-state index is 10.9. The number of nitro groups is 1. The van der Waals surface area contributed by atoms with Crippen molar-refractivity contribution in [3.63, 3.8) is 0 Å². The summed E-state index contributed by atoms with van der Waals surface area (Å²) < 4.78 is 0. The van der Waals surface area contributed by atoms with E-state index in [2.05, 4.69) is 0 Å². The third-order valence-electron chi connectivity index (χ3n) is 2.32. The zero-order valence-electron chi connectivity index (χ0n) is 10.1. The molecule has 0 saturated carbocycles. The summed E-state index contributed by atoms with van der Waals surface area (Å²) in [4.78, 5) is 32.6. The van der Waals surface area contributed by atoms with E-state index in [-0.39, 0.29) is 11.4 Å². The number of hydrogen-bond acceptors (Lipinski definition) is 5. The van der Waals surface area contributed by atoms with E-state index in [1.807, 2.05) is 0 Å². The van der Waals surface area contributed by atoms with Crippen LogP contribution in [0.3, 0.4) is 0 Å². The summed E-state index contributed by atoms with van der Waals surface area (Å²) in [5, 5.41) is 28.4. The second-order valence-corrected chi connectivity index (χ2v) is 3.89. The van der Waals surface area contributed by atoms with E-state index < -0.39 is 30.0 Å². The van der Waals surface area contributed by atoms with Crippen LogP contribution in [0.5, 0.6) is 0 Å². The van der Waals surface area contributed by atoms with Crippen LogP contribution in [-0.2, 0) is 9.59 Å². The lowest BCUT2D eigenvalue weighted by molar-refractivity contribution is -0.384. The maximum Gasteiger partial charge on any atom is 0.323 e. The van der Waals surface area contributed by atoms with Gasteiger partial charge in [-0.15, -0.1) is 0 Å². The maximum atomic E-state index is 10.9. The van der Waals surface area contributed by atoms with Gasteiger partial charge in [0.25, 0.3) is 5.69 Å². The molecule has 0 aliphatic heterocycles. The molecule has 0 heterocycles. The van der Waals surface area contributed by atoms with Crippen LogP contribution < -0.4 is 4.90 Å². The molecule has 19 heavy (non-hydrogen) atoms. The highest BCUT2D eigenvalue weighted by Crippen LogP contribution is 2.28. The molecular weight excluding hydrogens is 256 g/mol. The number of aryl methyl sites for hydroxylation is 1. The Morgan fingerprint density at radius 3 is 2.21 bits per heavy atom. The first-order chi connectivity index (χ1) is 8.81. The van der Waals surface area contributed by atoms with E-state index in [1.165, 1.54) is 18.2 Å². The summed E-state index contributed by atoms with van der Waals surface area (Å²) in [5.74, 6) is -2.53. The molecule has 0 amide bonds. The summed E-state index contributed by atoms with van der Waals surface area (Å²) in [6.07, 6.45) is 0. The van der Waals surface area contributed by atoms with Crippen LogP contribution in [0.4, 0.5) is 11.4 Å². The highest BCUT2D eigenvalue weighted by atomic mass is 16.6. The first-order valence-electron chi connectivity index (χ1n) is 5.25. The zero-order valence-corrected chi connectivity index (χ0v) is 10.1. The van der Waals surface area contributed by atoms with Gasteiger partial charge in [-0.1, -0.05) is 6.07 Å². The summed E-state index contributed by atoms with van der Waals surface area (Å²) >= 11 is 0. The van der Waals surface area contributed by atoms with Crippen molar-refractivity contribution in [2.24, 2.45) is 0 Å².